The molecule has 0 saturated carbocycles. The van der Waals surface area contributed by atoms with Crippen molar-refractivity contribution in [2.75, 3.05) is 29.9 Å². The van der Waals surface area contributed by atoms with Gasteiger partial charge in [-0.15, -0.1) is 0 Å². The Balaban J connectivity index is 1.53. The van der Waals surface area contributed by atoms with Gasteiger partial charge in [0.25, 0.3) is 5.91 Å². The summed E-state index contributed by atoms with van der Waals surface area (Å²) in [6.45, 7) is 4.32. The summed E-state index contributed by atoms with van der Waals surface area (Å²) in [6, 6.07) is 8.01. The van der Waals surface area contributed by atoms with Gasteiger partial charge < -0.3 is 10.2 Å². The van der Waals surface area contributed by atoms with Gasteiger partial charge in [-0.2, -0.15) is 13.2 Å². The molecule has 0 spiro atoms. The van der Waals surface area contributed by atoms with Gasteiger partial charge >= 0.3 is 6.18 Å². The molecule has 7 nitrogen and oxygen atoms in total. The van der Waals surface area contributed by atoms with Crippen LogP contribution in [0.2, 0.25) is 0 Å². The molecule has 1 unspecified atom stereocenters. The quantitative estimate of drug-likeness (QED) is 0.611. The fourth-order valence-corrected chi connectivity index (χ4v) is 3.72. The maximum Gasteiger partial charge on any atom is 0.419 e. The standard InChI is InChI=1S/C22H26F3N5O2/c1-14-7-8-18(15(2)11-14)27-12-19(31)28-29-21(32)16-5-4-10-30(13-16)20-17(22(23,24)25)6-3-9-26-20/h3,6-9,11,16,27H,4-5,10,12-13H2,1-2H3,(H,28,31)(H,29,32). The van der Waals surface area contributed by atoms with Gasteiger partial charge in [-0.3, -0.25) is 20.4 Å². The van der Waals surface area contributed by atoms with E-state index in [0.29, 0.717) is 19.4 Å². The number of alkyl halides is 3. The van der Waals surface area contributed by atoms with Crippen LogP contribution in [0.4, 0.5) is 24.7 Å². The average molecular weight is 449 g/mol. The summed E-state index contributed by atoms with van der Waals surface area (Å²) in [5.74, 6) is -1.63. The highest BCUT2D eigenvalue weighted by atomic mass is 19.4. The van der Waals surface area contributed by atoms with Crippen LogP contribution in [-0.4, -0.2) is 36.4 Å². The Labute approximate surface area is 184 Å². The van der Waals surface area contributed by atoms with Crippen LogP contribution in [-0.2, 0) is 15.8 Å². The summed E-state index contributed by atoms with van der Waals surface area (Å²) in [7, 11) is 0. The highest BCUT2D eigenvalue weighted by Crippen LogP contribution is 2.36. The number of aryl methyl sites for hydroxylation is 2. The normalized spacial score (nSPS) is 16.4. The molecule has 10 heteroatoms. The number of halogens is 3. The molecule has 1 atom stereocenters. The van der Waals surface area contributed by atoms with Crippen LogP contribution < -0.4 is 21.1 Å². The second kappa shape index (κ2) is 9.88. The summed E-state index contributed by atoms with van der Waals surface area (Å²) >= 11 is 0. The first kappa shape index (κ1) is 23.4. The predicted octanol–water partition coefficient (Wildman–Crippen LogP) is 3.19. The van der Waals surface area contributed by atoms with Gasteiger partial charge in [-0.05, 0) is 50.5 Å². The van der Waals surface area contributed by atoms with E-state index in [0.717, 1.165) is 22.9 Å². The molecule has 1 aromatic carbocycles. The fourth-order valence-electron chi connectivity index (χ4n) is 3.72. The maximum absolute atomic E-state index is 13.3. The van der Waals surface area contributed by atoms with E-state index in [1.807, 2.05) is 32.0 Å². The summed E-state index contributed by atoms with van der Waals surface area (Å²) in [4.78, 5) is 30.0. The van der Waals surface area contributed by atoms with E-state index in [1.54, 1.807) is 0 Å². The van der Waals surface area contributed by atoms with E-state index in [2.05, 4.69) is 21.2 Å². The predicted molar refractivity (Wildman–Crippen MR) is 115 cm³/mol. The van der Waals surface area contributed by atoms with Crippen molar-refractivity contribution in [3.8, 4) is 0 Å². The number of amides is 2. The Bertz CT molecular complexity index is 980. The number of aromatic nitrogens is 1. The van der Waals surface area contributed by atoms with Crippen LogP contribution >= 0.6 is 0 Å². The summed E-state index contributed by atoms with van der Waals surface area (Å²) < 4.78 is 39.9. The highest BCUT2D eigenvalue weighted by Gasteiger charge is 2.37. The Morgan fingerprint density at radius 3 is 2.69 bits per heavy atom. The van der Waals surface area contributed by atoms with Crippen molar-refractivity contribution in [3.63, 3.8) is 0 Å². The molecule has 1 fully saturated rings. The fraction of sp³-hybridized carbons (Fsp3) is 0.409. The number of anilines is 2. The minimum atomic E-state index is -4.53. The van der Waals surface area contributed by atoms with Gasteiger partial charge in [-0.25, -0.2) is 4.98 Å². The zero-order chi connectivity index (χ0) is 23.3. The molecule has 2 aromatic rings. The van der Waals surface area contributed by atoms with Crippen molar-refractivity contribution >= 4 is 23.3 Å². The molecule has 2 amide bonds. The first-order valence-corrected chi connectivity index (χ1v) is 10.3. The zero-order valence-corrected chi connectivity index (χ0v) is 17.9. The highest BCUT2D eigenvalue weighted by molar-refractivity contribution is 5.86. The number of rotatable bonds is 5. The monoisotopic (exact) mass is 449 g/mol. The largest absolute Gasteiger partial charge is 0.419 e. The Morgan fingerprint density at radius 1 is 1.19 bits per heavy atom. The number of nitrogens with one attached hydrogen (secondary N) is 3. The first-order chi connectivity index (χ1) is 15.1. The lowest BCUT2D eigenvalue weighted by molar-refractivity contribution is -0.137. The van der Waals surface area contributed by atoms with E-state index in [4.69, 9.17) is 0 Å². The van der Waals surface area contributed by atoms with Crippen molar-refractivity contribution in [3.05, 3.63) is 53.2 Å². The van der Waals surface area contributed by atoms with Gasteiger partial charge in [0.1, 0.15) is 5.82 Å². The average Bonchev–Trinajstić information content (AvgIpc) is 2.76. The number of piperidine rings is 1. The van der Waals surface area contributed by atoms with Crippen molar-refractivity contribution in [1.82, 2.24) is 15.8 Å². The third kappa shape index (κ3) is 5.89. The third-order valence-electron chi connectivity index (χ3n) is 5.33. The molecule has 1 aliphatic heterocycles. The van der Waals surface area contributed by atoms with E-state index in [1.165, 1.54) is 17.2 Å². The van der Waals surface area contributed by atoms with E-state index in [9.17, 15) is 22.8 Å². The molecule has 1 aromatic heterocycles. The van der Waals surface area contributed by atoms with Crippen LogP contribution in [0.25, 0.3) is 0 Å². The van der Waals surface area contributed by atoms with Crippen LogP contribution in [0.3, 0.4) is 0 Å². The number of pyridine rings is 1. The number of hydrogen-bond acceptors (Lipinski definition) is 5. The maximum atomic E-state index is 13.3. The second-order valence-corrected chi connectivity index (χ2v) is 7.87. The van der Waals surface area contributed by atoms with Gasteiger partial charge in [0, 0.05) is 25.0 Å². The number of carbonyl (C=O) groups is 2. The lowest BCUT2D eigenvalue weighted by atomic mass is 9.97. The SMILES string of the molecule is Cc1ccc(NCC(=O)NNC(=O)C2CCCN(c3ncccc3C(F)(F)F)C2)c(C)c1. The molecule has 3 N–H and O–H groups in total. The first-order valence-electron chi connectivity index (χ1n) is 10.3. The molecule has 0 radical (unpaired) electrons. The smallest absolute Gasteiger partial charge is 0.376 e. The molecule has 1 aliphatic rings. The zero-order valence-electron chi connectivity index (χ0n) is 17.9. The van der Waals surface area contributed by atoms with Crippen molar-refractivity contribution in [2.45, 2.75) is 32.9 Å². The van der Waals surface area contributed by atoms with Crippen molar-refractivity contribution in [1.29, 1.82) is 0 Å². The van der Waals surface area contributed by atoms with Crippen LogP contribution in [0.5, 0.6) is 0 Å². The second-order valence-electron chi connectivity index (χ2n) is 7.87. The number of nitrogens with zero attached hydrogens (tertiary/aromatic N) is 2. The molecule has 172 valence electrons. The van der Waals surface area contributed by atoms with Gasteiger partial charge in [0.2, 0.25) is 5.91 Å². The molecule has 32 heavy (non-hydrogen) atoms. The minimum Gasteiger partial charge on any atom is -0.376 e. The molecular formula is C22H26F3N5O2. The number of hydrogen-bond donors (Lipinski definition) is 3. The molecule has 0 bridgehead atoms. The topological polar surface area (TPSA) is 86.4 Å². The van der Waals surface area contributed by atoms with Crippen LogP contribution in [0, 0.1) is 19.8 Å². The molecule has 3 rings (SSSR count). The molecule has 0 aliphatic carbocycles. The molecular weight excluding hydrogens is 423 g/mol. The minimum absolute atomic E-state index is 0.0378. The van der Waals surface area contributed by atoms with Crippen LogP contribution in [0.15, 0.2) is 36.5 Å². The Hall–Kier alpha value is -3.30. The summed E-state index contributed by atoms with van der Waals surface area (Å²) in [6.07, 6.45) is -2.19. The third-order valence-corrected chi connectivity index (χ3v) is 5.33. The van der Waals surface area contributed by atoms with E-state index >= 15 is 0 Å². The lowest BCUT2D eigenvalue weighted by Gasteiger charge is -2.34. The summed E-state index contributed by atoms with van der Waals surface area (Å²) in [5.41, 5.74) is 6.83. The van der Waals surface area contributed by atoms with Gasteiger partial charge in [0.05, 0.1) is 18.0 Å². The van der Waals surface area contributed by atoms with Crippen molar-refractivity contribution in [2.24, 2.45) is 5.92 Å². The van der Waals surface area contributed by atoms with Crippen LogP contribution in [0.1, 0.15) is 29.5 Å². The Morgan fingerprint density at radius 2 is 1.97 bits per heavy atom. The molecule has 2 heterocycles. The summed E-state index contributed by atoms with van der Waals surface area (Å²) in [5, 5.41) is 3.01. The van der Waals surface area contributed by atoms with Gasteiger partial charge in [0.15, 0.2) is 0 Å². The Kier molecular flexibility index (Phi) is 7.22. The number of hydrazine groups is 1. The lowest BCUT2D eigenvalue weighted by Crippen LogP contribution is -2.50. The van der Waals surface area contributed by atoms with Gasteiger partial charge in [-0.1, -0.05) is 17.7 Å². The van der Waals surface area contributed by atoms with E-state index in [-0.39, 0.29) is 18.9 Å². The molecule has 1 saturated heterocycles. The number of carbonyl (C=O) groups excluding carboxylic acids is 2. The number of benzene rings is 1. The van der Waals surface area contributed by atoms with E-state index < -0.39 is 29.5 Å². The van der Waals surface area contributed by atoms with Crippen molar-refractivity contribution < 1.29 is 22.8 Å².